The van der Waals surface area contributed by atoms with Crippen LogP contribution in [-0.2, 0) is 12.0 Å². The fraction of sp³-hybridized carbons (Fsp3) is 0.235. The Morgan fingerprint density at radius 1 is 1.29 bits per heavy atom. The second-order valence-electron chi connectivity index (χ2n) is 5.10. The highest BCUT2D eigenvalue weighted by Gasteiger charge is 2.25. The summed E-state index contributed by atoms with van der Waals surface area (Å²) in [6, 6.07) is 14.8. The summed E-state index contributed by atoms with van der Waals surface area (Å²) >= 11 is 3.43. The molecule has 2 rings (SSSR count). The van der Waals surface area contributed by atoms with Gasteiger partial charge < -0.3 is 9.84 Å². The first kappa shape index (κ1) is 15.6. The molecule has 21 heavy (non-hydrogen) atoms. The van der Waals surface area contributed by atoms with Gasteiger partial charge in [0.1, 0.15) is 5.75 Å². The van der Waals surface area contributed by atoms with Gasteiger partial charge in [-0.2, -0.15) is 5.26 Å². The molecule has 108 valence electrons. The van der Waals surface area contributed by atoms with Gasteiger partial charge in [0.2, 0.25) is 0 Å². The van der Waals surface area contributed by atoms with Gasteiger partial charge in [0, 0.05) is 10.9 Å². The molecule has 1 N–H and O–H groups in total. The lowest BCUT2D eigenvalue weighted by Gasteiger charge is -2.25. The summed E-state index contributed by atoms with van der Waals surface area (Å²) in [7, 11) is 1.61. The van der Waals surface area contributed by atoms with Crippen molar-refractivity contribution in [1.82, 2.24) is 0 Å². The highest BCUT2D eigenvalue weighted by molar-refractivity contribution is 9.10. The second-order valence-corrected chi connectivity index (χ2v) is 6.02. The predicted octanol–water partition coefficient (Wildman–Crippen LogP) is 3.78. The van der Waals surface area contributed by atoms with Gasteiger partial charge in [0.25, 0.3) is 0 Å². The molecular formula is C17H16BrNO2. The number of aliphatic hydroxyl groups is 1. The van der Waals surface area contributed by atoms with Crippen molar-refractivity contribution in [2.45, 2.75) is 18.9 Å². The summed E-state index contributed by atoms with van der Waals surface area (Å²) in [5.74, 6) is 0.731. The van der Waals surface area contributed by atoms with E-state index in [0.717, 1.165) is 15.8 Å². The average Bonchev–Trinajstić information content (AvgIpc) is 2.47. The Labute approximate surface area is 132 Å². The zero-order chi connectivity index (χ0) is 15.5. The fourth-order valence-electron chi connectivity index (χ4n) is 2.28. The molecule has 0 aromatic heterocycles. The van der Waals surface area contributed by atoms with Crippen LogP contribution in [0.5, 0.6) is 5.75 Å². The Kier molecular flexibility index (Phi) is 4.66. The van der Waals surface area contributed by atoms with Crippen molar-refractivity contribution in [2.75, 3.05) is 7.11 Å². The molecule has 0 aliphatic carbocycles. The largest absolute Gasteiger partial charge is 0.496 e. The zero-order valence-electron chi connectivity index (χ0n) is 11.9. The van der Waals surface area contributed by atoms with Crippen LogP contribution in [0.1, 0.15) is 23.6 Å². The van der Waals surface area contributed by atoms with Gasteiger partial charge in [-0.05, 0) is 48.4 Å². The number of rotatable bonds is 4. The minimum absolute atomic E-state index is 0.393. The molecule has 2 aromatic rings. The van der Waals surface area contributed by atoms with Gasteiger partial charge in [-0.15, -0.1) is 0 Å². The molecule has 0 aliphatic heterocycles. The van der Waals surface area contributed by atoms with Crippen molar-refractivity contribution >= 4 is 15.9 Å². The maximum Gasteiger partial charge on any atom is 0.122 e. The van der Waals surface area contributed by atoms with E-state index in [1.165, 1.54) is 0 Å². The third-order valence-corrected chi connectivity index (χ3v) is 3.88. The number of ether oxygens (including phenoxy) is 1. The summed E-state index contributed by atoms with van der Waals surface area (Å²) < 4.78 is 6.27. The number of halogens is 1. The molecule has 0 spiro atoms. The van der Waals surface area contributed by atoms with Crippen LogP contribution >= 0.6 is 15.9 Å². The molecule has 2 aromatic carbocycles. The SMILES string of the molecule is COc1ccc(Br)cc1CC(C)(O)c1cccc(C#N)c1. The van der Waals surface area contributed by atoms with Crippen LogP contribution in [-0.4, -0.2) is 12.2 Å². The molecule has 1 unspecified atom stereocenters. The average molecular weight is 346 g/mol. The number of methoxy groups -OCH3 is 1. The smallest absolute Gasteiger partial charge is 0.122 e. The predicted molar refractivity (Wildman–Crippen MR) is 85.1 cm³/mol. The van der Waals surface area contributed by atoms with Gasteiger partial charge in [0.15, 0.2) is 0 Å². The van der Waals surface area contributed by atoms with E-state index >= 15 is 0 Å². The summed E-state index contributed by atoms with van der Waals surface area (Å²) in [4.78, 5) is 0. The molecule has 0 amide bonds. The Morgan fingerprint density at radius 2 is 2.05 bits per heavy atom. The summed E-state index contributed by atoms with van der Waals surface area (Å²) in [6.45, 7) is 1.74. The molecule has 1 atom stereocenters. The monoisotopic (exact) mass is 345 g/mol. The number of nitrogens with zero attached hydrogens (tertiary/aromatic N) is 1. The summed E-state index contributed by atoms with van der Waals surface area (Å²) in [6.07, 6.45) is 0.393. The first-order valence-electron chi connectivity index (χ1n) is 6.52. The number of hydrogen-bond acceptors (Lipinski definition) is 3. The molecule has 0 heterocycles. The Morgan fingerprint density at radius 3 is 2.71 bits per heavy atom. The van der Waals surface area contributed by atoms with Crippen LogP contribution in [0.2, 0.25) is 0 Å². The van der Waals surface area contributed by atoms with Crippen molar-refractivity contribution in [1.29, 1.82) is 5.26 Å². The van der Waals surface area contributed by atoms with Gasteiger partial charge in [-0.25, -0.2) is 0 Å². The first-order valence-corrected chi connectivity index (χ1v) is 7.31. The molecule has 0 radical (unpaired) electrons. The van der Waals surface area contributed by atoms with Crippen molar-refractivity contribution in [3.63, 3.8) is 0 Å². The number of nitriles is 1. The molecule has 0 bridgehead atoms. The summed E-state index contributed by atoms with van der Waals surface area (Å²) in [5.41, 5.74) is 1.07. The van der Waals surface area contributed by atoms with Crippen LogP contribution in [0.15, 0.2) is 46.9 Å². The lowest BCUT2D eigenvalue weighted by molar-refractivity contribution is 0.0569. The maximum atomic E-state index is 10.8. The third kappa shape index (κ3) is 3.63. The van der Waals surface area contributed by atoms with Crippen LogP contribution < -0.4 is 4.74 Å². The first-order chi connectivity index (χ1) is 9.96. The molecule has 0 saturated carbocycles. The standard InChI is InChI=1S/C17H16BrNO2/c1-17(20,14-5-3-4-12(8-14)11-19)10-13-9-15(18)6-7-16(13)21-2/h3-9,20H,10H2,1-2H3. The number of hydrogen-bond donors (Lipinski definition) is 1. The van der Waals surface area contributed by atoms with Crippen LogP contribution in [0.25, 0.3) is 0 Å². The van der Waals surface area contributed by atoms with Crippen LogP contribution in [0, 0.1) is 11.3 Å². The lowest BCUT2D eigenvalue weighted by Crippen LogP contribution is -2.24. The van der Waals surface area contributed by atoms with E-state index < -0.39 is 5.60 Å². The highest BCUT2D eigenvalue weighted by Crippen LogP contribution is 2.31. The highest BCUT2D eigenvalue weighted by atomic mass is 79.9. The van der Waals surface area contributed by atoms with Crippen molar-refractivity contribution in [3.05, 3.63) is 63.6 Å². The fourth-order valence-corrected chi connectivity index (χ4v) is 2.69. The van der Waals surface area contributed by atoms with E-state index in [9.17, 15) is 5.11 Å². The van der Waals surface area contributed by atoms with E-state index in [1.54, 1.807) is 32.2 Å². The maximum absolute atomic E-state index is 10.8. The third-order valence-electron chi connectivity index (χ3n) is 3.39. The minimum atomic E-state index is -1.08. The Hall–Kier alpha value is -1.83. The summed E-state index contributed by atoms with van der Waals surface area (Å²) in [5, 5.41) is 19.8. The normalized spacial score (nSPS) is 13.3. The zero-order valence-corrected chi connectivity index (χ0v) is 13.5. The van der Waals surface area contributed by atoms with Gasteiger partial charge >= 0.3 is 0 Å². The second kappa shape index (κ2) is 6.30. The van der Waals surface area contributed by atoms with E-state index in [1.807, 2.05) is 24.3 Å². The van der Waals surface area contributed by atoms with Crippen molar-refractivity contribution in [2.24, 2.45) is 0 Å². The van der Waals surface area contributed by atoms with E-state index in [0.29, 0.717) is 17.5 Å². The minimum Gasteiger partial charge on any atom is -0.496 e. The van der Waals surface area contributed by atoms with E-state index in [2.05, 4.69) is 22.0 Å². The topological polar surface area (TPSA) is 53.2 Å². The molecule has 4 heteroatoms. The van der Waals surface area contributed by atoms with Gasteiger partial charge in [-0.3, -0.25) is 0 Å². The van der Waals surface area contributed by atoms with Crippen LogP contribution in [0.4, 0.5) is 0 Å². The van der Waals surface area contributed by atoms with Crippen molar-refractivity contribution in [3.8, 4) is 11.8 Å². The Bertz CT molecular complexity index is 689. The van der Waals surface area contributed by atoms with E-state index in [4.69, 9.17) is 10.00 Å². The molecular weight excluding hydrogens is 330 g/mol. The van der Waals surface area contributed by atoms with E-state index in [-0.39, 0.29) is 0 Å². The molecule has 3 nitrogen and oxygen atoms in total. The molecule has 0 saturated heterocycles. The van der Waals surface area contributed by atoms with Gasteiger partial charge in [0.05, 0.1) is 24.3 Å². The Balaban J connectivity index is 2.37. The van der Waals surface area contributed by atoms with Crippen LogP contribution in [0.3, 0.4) is 0 Å². The number of benzene rings is 2. The quantitative estimate of drug-likeness (QED) is 0.917. The van der Waals surface area contributed by atoms with Crippen molar-refractivity contribution < 1.29 is 9.84 Å². The van der Waals surface area contributed by atoms with Gasteiger partial charge in [-0.1, -0.05) is 28.1 Å². The molecule has 0 aliphatic rings. The lowest BCUT2D eigenvalue weighted by atomic mass is 9.88. The molecule has 0 fully saturated rings.